The van der Waals surface area contributed by atoms with Crippen molar-refractivity contribution in [2.75, 3.05) is 23.4 Å². The average molecular weight is 223 g/mol. The number of benzene rings is 1. The van der Waals surface area contributed by atoms with Gasteiger partial charge < -0.3 is 10.1 Å². The van der Waals surface area contributed by atoms with Crippen LogP contribution in [0.3, 0.4) is 0 Å². The second-order valence-electron chi connectivity index (χ2n) is 3.67. The third kappa shape index (κ3) is 3.06. The van der Waals surface area contributed by atoms with Gasteiger partial charge in [0.2, 0.25) is 0 Å². The summed E-state index contributed by atoms with van der Waals surface area (Å²) in [5, 5.41) is 3.54. The van der Waals surface area contributed by atoms with Gasteiger partial charge in [-0.3, -0.25) is 0 Å². The molecule has 1 unspecified atom stereocenters. The zero-order valence-corrected chi connectivity index (χ0v) is 9.85. The normalized spacial score (nSPS) is 20.2. The summed E-state index contributed by atoms with van der Waals surface area (Å²) in [6.45, 7) is 2.73. The Morgan fingerprint density at radius 3 is 3.20 bits per heavy atom. The van der Waals surface area contributed by atoms with E-state index in [1.54, 1.807) is 0 Å². The first-order chi connectivity index (χ1) is 7.38. The highest BCUT2D eigenvalue weighted by Crippen LogP contribution is 2.23. The van der Waals surface area contributed by atoms with E-state index in [1.807, 2.05) is 30.8 Å². The molecule has 0 radical (unpaired) electrons. The van der Waals surface area contributed by atoms with Crippen molar-refractivity contribution >= 4 is 17.4 Å². The highest BCUT2D eigenvalue weighted by molar-refractivity contribution is 7.99. The van der Waals surface area contributed by atoms with Crippen molar-refractivity contribution in [1.29, 1.82) is 0 Å². The van der Waals surface area contributed by atoms with Gasteiger partial charge in [0.15, 0.2) is 0 Å². The lowest BCUT2D eigenvalue weighted by molar-refractivity contribution is 0.340. The second kappa shape index (κ2) is 5.31. The van der Waals surface area contributed by atoms with Crippen LogP contribution in [0.4, 0.5) is 5.69 Å². The highest BCUT2D eigenvalue weighted by Gasteiger charge is 2.14. The molecule has 1 saturated heterocycles. The van der Waals surface area contributed by atoms with Crippen molar-refractivity contribution in [3.8, 4) is 5.75 Å². The summed E-state index contributed by atoms with van der Waals surface area (Å²) in [5.74, 6) is 3.45. The molecule has 0 bridgehead atoms. The smallest absolute Gasteiger partial charge is 0.121 e. The summed E-state index contributed by atoms with van der Waals surface area (Å²) in [7, 11) is 0. The molecule has 0 aliphatic carbocycles. The summed E-state index contributed by atoms with van der Waals surface area (Å²) < 4.78 is 5.47. The van der Waals surface area contributed by atoms with Crippen molar-refractivity contribution < 1.29 is 4.74 Å². The summed E-state index contributed by atoms with van der Waals surface area (Å²) in [5.41, 5.74) is 1.17. The van der Waals surface area contributed by atoms with Gasteiger partial charge in [-0.05, 0) is 31.2 Å². The zero-order chi connectivity index (χ0) is 10.5. The van der Waals surface area contributed by atoms with Gasteiger partial charge in [-0.25, -0.2) is 0 Å². The largest absolute Gasteiger partial charge is 0.494 e. The zero-order valence-electron chi connectivity index (χ0n) is 9.03. The predicted molar refractivity (Wildman–Crippen MR) is 67.0 cm³/mol. The maximum Gasteiger partial charge on any atom is 0.121 e. The third-order valence-corrected chi connectivity index (χ3v) is 3.61. The molecule has 1 atom stereocenters. The molecule has 1 fully saturated rings. The fraction of sp³-hybridized carbons (Fsp3) is 0.500. The van der Waals surface area contributed by atoms with Gasteiger partial charge in [-0.15, -0.1) is 0 Å². The lowest BCUT2D eigenvalue weighted by atomic mass is 10.2. The van der Waals surface area contributed by atoms with Crippen molar-refractivity contribution in [1.82, 2.24) is 0 Å². The number of rotatable bonds is 4. The van der Waals surface area contributed by atoms with E-state index in [4.69, 9.17) is 4.74 Å². The van der Waals surface area contributed by atoms with Crippen molar-refractivity contribution in [3.05, 3.63) is 24.3 Å². The van der Waals surface area contributed by atoms with Crippen LogP contribution in [0.25, 0.3) is 0 Å². The van der Waals surface area contributed by atoms with Crippen LogP contribution < -0.4 is 10.1 Å². The lowest BCUT2D eigenvalue weighted by Gasteiger charge is -2.13. The highest BCUT2D eigenvalue weighted by atomic mass is 32.2. The van der Waals surface area contributed by atoms with Gasteiger partial charge in [0.25, 0.3) is 0 Å². The molecule has 0 aromatic heterocycles. The molecule has 0 amide bonds. The number of ether oxygens (including phenoxy) is 1. The van der Waals surface area contributed by atoms with Gasteiger partial charge in [-0.1, -0.05) is 6.07 Å². The van der Waals surface area contributed by atoms with Gasteiger partial charge in [0.05, 0.1) is 6.61 Å². The quantitative estimate of drug-likeness (QED) is 0.848. The van der Waals surface area contributed by atoms with Crippen molar-refractivity contribution in [2.45, 2.75) is 19.4 Å². The summed E-state index contributed by atoms with van der Waals surface area (Å²) in [6, 6.07) is 8.85. The van der Waals surface area contributed by atoms with Crippen LogP contribution >= 0.6 is 11.8 Å². The first-order valence-electron chi connectivity index (χ1n) is 5.45. The molecule has 82 valence electrons. The Morgan fingerprint density at radius 1 is 1.53 bits per heavy atom. The molecule has 1 aliphatic rings. The minimum Gasteiger partial charge on any atom is -0.494 e. The fourth-order valence-electron chi connectivity index (χ4n) is 1.73. The molecule has 2 rings (SSSR count). The van der Waals surface area contributed by atoms with Crippen LogP contribution in [-0.2, 0) is 0 Å². The number of hydrogen-bond acceptors (Lipinski definition) is 3. The Hall–Kier alpha value is -0.830. The van der Waals surface area contributed by atoms with E-state index in [-0.39, 0.29) is 0 Å². The van der Waals surface area contributed by atoms with Crippen molar-refractivity contribution in [3.63, 3.8) is 0 Å². The Kier molecular flexibility index (Phi) is 3.78. The Balaban J connectivity index is 1.97. The Bertz CT molecular complexity index is 310. The molecule has 15 heavy (non-hydrogen) atoms. The SMILES string of the molecule is CCOc1cccc(NC2CCSC2)c1. The number of thioether (sulfide) groups is 1. The molecular formula is C12H17NOS. The Labute approximate surface area is 95.4 Å². The summed E-state index contributed by atoms with van der Waals surface area (Å²) in [4.78, 5) is 0. The number of anilines is 1. The lowest BCUT2D eigenvalue weighted by Crippen LogP contribution is -2.17. The standard InChI is InChI=1S/C12H17NOS/c1-2-14-12-5-3-4-10(8-12)13-11-6-7-15-9-11/h3-5,8,11,13H,2,6-7,9H2,1H3. The summed E-state index contributed by atoms with van der Waals surface area (Å²) in [6.07, 6.45) is 1.27. The maximum absolute atomic E-state index is 5.47. The van der Waals surface area contributed by atoms with E-state index >= 15 is 0 Å². The predicted octanol–water partition coefficient (Wildman–Crippen LogP) is 3.00. The van der Waals surface area contributed by atoms with E-state index in [9.17, 15) is 0 Å². The van der Waals surface area contributed by atoms with E-state index in [0.717, 1.165) is 12.4 Å². The van der Waals surface area contributed by atoms with E-state index in [0.29, 0.717) is 6.04 Å². The van der Waals surface area contributed by atoms with E-state index in [2.05, 4.69) is 17.4 Å². The first-order valence-corrected chi connectivity index (χ1v) is 6.61. The average Bonchev–Trinajstić information content (AvgIpc) is 2.71. The van der Waals surface area contributed by atoms with Gasteiger partial charge in [-0.2, -0.15) is 11.8 Å². The molecule has 1 aromatic rings. The first kappa shape index (κ1) is 10.7. The van der Waals surface area contributed by atoms with Crippen molar-refractivity contribution in [2.24, 2.45) is 0 Å². The molecule has 1 heterocycles. The minimum absolute atomic E-state index is 0.631. The number of nitrogens with one attached hydrogen (secondary N) is 1. The fourth-order valence-corrected chi connectivity index (χ4v) is 2.88. The monoisotopic (exact) mass is 223 g/mol. The molecule has 1 N–H and O–H groups in total. The van der Waals surface area contributed by atoms with E-state index < -0.39 is 0 Å². The second-order valence-corrected chi connectivity index (χ2v) is 4.82. The van der Waals surface area contributed by atoms with Crippen LogP contribution in [-0.4, -0.2) is 24.2 Å². The van der Waals surface area contributed by atoms with Crippen LogP contribution in [0.2, 0.25) is 0 Å². The molecule has 2 nitrogen and oxygen atoms in total. The van der Waals surface area contributed by atoms with Crippen LogP contribution in [0.1, 0.15) is 13.3 Å². The van der Waals surface area contributed by atoms with Crippen LogP contribution in [0.5, 0.6) is 5.75 Å². The van der Waals surface area contributed by atoms with Gasteiger partial charge in [0, 0.05) is 23.5 Å². The molecule has 0 saturated carbocycles. The molecule has 1 aromatic carbocycles. The minimum atomic E-state index is 0.631. The Morgan fingerprint density at radius 2 is 2.47 bits per heavy atom. The maximum atomic E-state index is 5.47. The molecular weight excluding hydrogens is 206 g/mol. The topological polar surface area (TPSA) is 21.3 Å². The van der Waals surface area contributed by atoms with Crippen LogP contribution in [0, 0.1) is 0 Å². The third-order valence-electron chi connectivity index (χ3n) is 2.45. The van der Waals surface area contributed by atoms with Gasteiger partial charge >= 0.3 is 0 Å². The molecule has 0 spiro atoms. The van der Waals surface area contributed by atoms with E-state index in [1.165, 1.54) is 23.6 Å². The summed E-state index contributed by atoms with van der Waals surface area (Å²) >= 11 is 2.02. The van der Waals surface area contributed by atoms with Gasteiger partial charge in [0.1, 0.15) is 5.75 Å². The number of hydrogen-bond donors (Lipinski definition) is 1. The van der Waals surface area contributed by atoms with Crippen LogP contribution in [0.15, 0.2) is 24.3 Å². The molecule has 1 aliphatic heterocycles. The molecule has 3 heteroatoms.